The van der Waals surface area contributed by atoms with Crippen LogP contribution in [0.2, 0.25) is 0 Å². The molecule has 15 heavy (non-hydrogen) atoms. The standard InChI is InChI=1S/C13H14NS/c1-11-8-10-15-13(11)7-6-12-5-3-4-9-14(12)2/h3-10H,1-2H3/q+1/b7-6+. The molecule has 2 heteroatoms. The van der Waals surface area contributed by atoms with Gasteiger partial charge in [-0.2, -0.15) is 0 Å². The monoisotopic (exact) mass is 216 g/mol. The van der Waals surface area contributed by atoms with Gasteiger partial charge in [0.25, 0.3) is 0 Å². The van der Waals surface area contributed by atoms with Crippen LogP contribution >= 0.6 is 11.3 Å². The highest BCUT2D eigenvalue weighted by molar-refractivity contribution is 7.11. The van der Waals surface area contributed by atoms with E-state index in [2.05, 4.69) is 60.5 Å². The molecule has 76 valence electrons. The van der Waals surface area contributed by atoms with E-state index < -0.39 is 0 Å². The predicted molar refractivity (Wildman–Crippen MR) is 65.6 cm³/mol. The second kappa shape index (κ2) is 4.41. The van der Waals surface area contributed by atoms with E-state index in [9.17, 15) is 0 Å². The quantitative estimate of drug-likeness (QED) is 0.679. The lowest BCUT2D eigenvalue weighted by atomic mass is 10.2. The summed E-state index contributed by atoms with van der Waals surface area (Å²) >= 11 is 1.78. The maximum atomic E-state index is 2.18. The molecule has 0 saturated heterocycles. The van der Waals surface area contributed by atoms with Crippen LogP contribution in [0.15, 0.2) is 35.8 Å². The first-order valence-corrected chi connectivity index (χ1v) is 5.82. The van der Waals surface area contributed by atoms with Crippen molar-refractivity contribution in [1.29, 1.82) is 0 Å². The Morgan fingerprint density at radius 2 is 2.07 bits per heavy atom. The molecule has 0 amide bonds. The van der Waals surface area contributed by atoms with E-state index in [4.69, 9.17) is 0 Å². The molecule has 0 radical (unpaired) electrons. The topological polar surface area (TPSA) is 3.88 Å². The minimum absolute atomic E-state index is 1.21. The molecule has 2 heterocycles. The van der Waals surface area contributed by atoms with E-state index in [1.54, 1.807) is 11.3 Å². The Balaban J connectivity index is 2.26. The van der Waals surface area contributed by atoms with E-state index in [0.717, 1.165) is 0 Å². The fraction of sp³-hybridized carbons (Fsp3) is 0.154. The first-order valence-electron chi connectivity index (χ1n) is 4.94. The number of nitrogens with zero attached hydrogens (tertiary/aromatic N) is 1. The van der Waals surface area contributed by atoms with Crippen LogP contribution in [0, 0.1) is 6.92 Å². The maximum absolute atomic E-state index is 2.18. The van der Waals surface area contributed by atoms with Gasteiger partial charge in [0.15, 0.2) is 6.20 Å². The third kappa shape index (κ3) is 2.34. The number of thiophene rings is 1. The van der Waals surface area contributed by atoms with Gasteiger partial charge < -0.3 is 0 Å². The van der Waals surface area contributed by atoms with E-state index in [1.807, 2.05) is 6.07 Å². The van der Waals surface area contributed by atoms with Crippen LogP contribution in [0.5, 0.6) is 0 Å². The lowest BCUT2D eigenvalue weighted by Crippen LogP contribution is -2.30. The number of hydrogen-bond acceptors (Lipinski definition) is 1. The van der Waals surface area contributed by atoms with Crippen molar-refractivity contribution in [2.75, 3.05) is 0 Å². The smallest absolute Gasteiger partial charge is 0.202 e. The zero-order valence-corrected chi connectivity index (χ0v) is 9.79. The van der Waals surface area contributed by atoms with Gasteiger partial charge in [-0.3, -0.25) is 0 Å². The van der Waals surface area contributed by atoms with Gasteiger partial charge in [0.2, 0.25) is 5.69 Å². The van der Waals surface area contributed by atoms with Gasteiger partial charge in [-0.1, -0.05) is 0 Å². The molecular weight excluding hydrogens is 202 g/mol. The summed E-state index contributed by atoms with van der Waals surface area (Å²) in [7, 11) is 2.06. The van der Waals surface area contributed by atoms with E-state index >= 15 is 0 Å². The van der Waals surface area contributed by atoms with Gasteiger partial charge in [-0.25, -0.2) is 4.57 Å². The zero-order valence-electron chi connectivity index (χ0n) is 8.97. The molecule has 0 unspecified atom stereocenters. The molecular formula is C13H14NS+. The zero-order chi connectivity index (χ0) is 10.7. The maximum Gasteiger partial charge on any atom is 0.204 e. The summed E-state index contributed by atoms with van der Waals surface area (Å²) in [5.74, 6) is 0. The van der Waals surface area contributed by atoms with Crippen LogP contribution in [0.3, 0.4) is 0 Å². The first kappa shape index (κ1) is 10.1. The number of hydrogen-bond donors (Lipinski definition) is 0. The average molecular weight is 216 g/mol. The van der Waals surface area contributed by atoms with Crippen molar-refractivity contribution >= 4 is 23.5 Å². The van der Waals surface area contributed by atoms with Crippen molar-refractivity contribution in [3.05, 3.63) is 52.0 Å². The van der Waals surface area contributed by atoms with Crippen LogP contribution in [-0.2, 0) is 7.05 Å². The Kier molecular flexibility index (Phi) is 2.97. The fourth-order valence-electron chi connectivity index (χ4n) is 1.43. The Labute approximate surface area is 94.3 Å². The Morgan fingerprint density at radius 1 is 1.20 bits per heavy atom. The summed E-state index contributed by atoms with van der Waals surface area (Å²) in [6.45, 7) is 2.14. The van der Waals surface area contributed by atoms with Crippen molar-refractivity contribution in [2.45, 2.75) is 6.92 Å². The van der Waals surface area contributed by atoms with Crippen LogP contribution in [0.25, 0.3) is 12.2 Å². The fourth-order valence-corrected chi connectivity index (χ4v) is 2.25. The van der Waals surface area contributed by atoms with Crippen molar-refractivity contribution in [1.82, 2.24) is 0 Å². The second-order valence-corrected chi connectivity index (χ2v) is 4.49. The molecule has 2 aromatic rings. The molecule has 0 aliphatic carbocycles. The van der Waals surface area contributed by atoms with Gasteiger partial charge >= 0.3 is 0 Å². The molecule has 0 fully saturated rings. The minimum atomic E-state index is 1.21. The normalized spacial score (nSPS) is 11.1. The van der Waals surface area contributed by atoms with Crippen LogP contribution in [-0.4, -0.2) is 0 Å². The van der Waals surface area contributed by atoms with Crippen molar-refractivity contribution in [3.8, 4) is 0 Å². The molecule has 0 aromatic carbocycles. The van der Waals surface area contributed by atoms with Crippen molar-refractivity contribution < 1.29 is 4.57 Å². The van der Waals surface area contributed by atoms with Crippen LogP contribution in [0.4, 0.5) is 0 Å². The molecule has 0 aliphatic rings. The van der Waals surface area contributed by atoms with Gasteiger partial charge in [-0.05, 0) is 36.1 Å². The molecule has 0 aliphatic heterocycles. The second-order valence-electron chi connectivity index (χ2n) is 3.54. The third-order valence-corrected chi connectivity index (χ3v) is 3.39. The molecule has 0 N–H and O–H groups in total. The molecule has 0 saturated carbocycles. The predicted octanol–water partition coefficient (Wildman–Crippen LogP) is 3.05. The molecule has 2 aromatic heterocycles. The number of aryl methyl sites for hydroxylation is 2. The van der Waals surface area contributed by atoms with E-state index in [-0.39, 0.29) is 0 Å². The number of aromatic nitrogens is 1. The summed E-state index contributed by atoms with van der Waals surface area (Å²) in [6, 6.07) is 8.35. The number of pyridine rings is 1. The molecule has 2 rings (SSSR count). The summed E-state index contributed by atoms with van der Waals surface area (Å²) in [4.78, 5) is 1.33. The Bertz CT molecular complexity index is 483. The average Bonchev–Trinajstić information content (AvgIpc) is 2.63. The summed E-state index contributed by atoms with van der Waals surface area (Å²) in [5, 5.41) is 2.12. The first-order chi connectivity index (χ1) is 7.27. The van der Waals surface area contributed by atoms with Gasteiger partial charge in [-0.15, -0.1) is 11.3 Å². The molecule has 0 atom stereocenters. The SMILES string of the molecule is Cc1ccsc1/C=C/c1cccc[n+]1C. The van der Waals surface area contributed by atoms with E-state index in [0.29, 0.717) is 0 Å². The summed E-state index contributed by atoms with van der Waals surface area (Å²) < 4.78 is 2.11. The molecule has 0 spiro atoms. The van der Waals surface area contributed by atoms with Gasteiger partial charge in [0.05, 0.1) is 0 Å². The van der Waals surface area contributed by atoms with Gasteiger partial charge in [0, 0.05) is 23.1 Å². The molecule has 0 bridgehead atoms. The van der Waals surface area contributed by atoms with Crippen molar-refractivity contribution in [2.24, 2.45) is 7.05 Å². The largest absolute Gasteiger partial charge is 0.204 e. The number of rotatable bonds is 2. The minimum Gasteiger partial charge on any atom is -0.202 e. The van der Waals surface area contributed by atoms with Gasteiger partial charge in [0.1, 0.15) is 7.05 Å². The van der Waals surface area contributed by atoms with Crippen LogP contribution < -0.4 is 4.57 Å². The lowest BCUT2D eigenvalue weighted by molar-refractivity contribution is -0.673. The summed E-state index contributed by atoms with van der Waals surface area (Å²) in [5.41, 5.74) is 2.56. The Hall–Kier alpha value is -1.41. The Morgan fingerprint density at radius 3 is 2.73 bits per heavy atom. The van der Waals surface area contributed by atoms with Crippen molar-refractivity contribution in [3.63, 3.8) is 0 Å². The van der Waals surface area contributed by atoms with E-state index in [1.165, 1.54) is 16.1 Å². The highest BCUT2D eigenvalue weighted by atomic mass is 32.1. The third-order valence-electron chi connectivity index (χ3n) is 2.40. The van der Waals surface area contributed by atoms with Crippen LogP contribution in [0.1, 0.15) is 16.1 Å². The highest BCUT2D eigenvalue weighted by Crippen LogP contribution is 2.17. The highest BCUT2D eigenvalue weighted by Gasteiger charge is 2.00. The lowest BCUT2D eigenvalue weighted by Gasteiger charge is -1.92. The molecule has 1 nitrogen and oxygen atoms in total. The summed E-state index contributed by atoms with van der Waals surface area (Å²) in [6.07, 6.45) is 6.38.